The highest BCUT2D eigenvalue weighted by atomic mass is 32.2. The number of carbonyl (C=O) groups is 2. The average Bonchev–Trinajstić information content (AvgIpc) is 2.84. The highest BCUT2D eigenvalue weighted by Gasteiger charge is 2.36. The second kappa shape index (κ2) is 6.37. The summed E-state index contributed by atoms with van der Waals surface area (Å²) in [6.07, 6.45) is 1.54. The quantitative estimate of drug-likeness (QED) is 0.858. The van der Waals surface area contributed by atoms with E-state index in [1.54, 1.807) is 12.1 Å². The molecule has 3 rings (SSSR count). The second-order valence-electron chi connectivity index (χ2n) is 4.92. The lowest BCUT2D eigenvalue weighted by atomic mass is 10.2. The van der Waals surface area contributed by atoms with Crippen LogP contribution in [-0.2, 0) is 4.79 Å². The summed E-state index contributed by atoms with van der Waals surface area (Å²) in [5, 5.41) is 9.14. The monoisotopic (exact) mass is 345 g/mol. The number of imide groups is 1. The van der Waals surface area contributed by atoms with Crippen molar-refractivity contribution in [3.8, 4) is 11.5 Å². The van der Waals surface area contributed by atoms with Crippen LogP contribution in [0.15, 0.2) is 47.4 Å². The van der Waals surface area contributed by atoms with E-state index in [4.69, 9.17) is 4.74 Å². The van der Waals surface area contributed by atoms with Crippen LogP contribution in [0.3, 0.4) is 0 Å². The Morgan fingerprint density at radius 2 is 1.88 bits per heavy atom. The maximum atomic E-state index is 13.0. The molecule has 122 valence electrons. The van der Waals surface area contributed by atoms with Gasteiger partial charge in [0.05, 0.1) is 17.7 Å². The maximum Gasteiger partial charge on any atom is 0.298 e. The van der Waals surface area contributed by atoms with E-state index in [-0.39, 0.29) is 16.4 Å². The van der Waals surface area contributed by atoms with Crippen LogP contribution in [0.5, 0.6) is 11.5 Å². The minimum atomic E-state index is -0.483. The van der Waals surface area contributed by atoms with E-state index < -0.39 is 17.0 Å². The fourth-order valence-corrected chi connectivity index (χ4v) is 3.06. The van der Waals surface area contributed by atoms with Crippen molar-refractivity contribution >= 4 is 34.7 Å². The van der Waals surface area contributed by atoms with Crippen molar-refractivity contribution < 1.29 is 23.8 Å². The number of benzene rings is 2. The molecule has 0 spiro atoms. The summed E-state index contributed by atoms with van der Waals surface area (Å²) in [6.45, 7) is 0. The molecule has 2 aromatic rings. The number of hydrogen-bond donors (Lipinski definition) is 1. The molecule has 0 radical (unpaired) electrons. The van der Waals surface area contributed by atoms with E-state index in [0.717, 1.165) is 16.7 Å². The number of thioether (sulfide) groups is 1. The molecule has 1 aliphatic heterocycles. The molecule has 1 aliphatic rings. The van der Waals surface area contributed by atoms with Gasteiger partial charge in [-0.3, -0.25) is 9.59 Å². The minimum Gasteiger partial charge on any atom is -0.504 e. The fourth-order valence-electron chi connectivity index (χ4n) is 2.22. The molecule has 1 fully saturated rings. The maximum absolute atomic E-state index is 13.0. The predicted octanol–water partition coefficient (Wildman–Crippen LogP) is 3.78. The summed E-state index contributed by atoms with van der Waals surface area (Å²) >= 11 is 0.795. The third kappa shape index (κ3) is 2.98. The number of phenolic OH excluding ortho intramolecular Hbond substituents is 1. The van der Waals surface area contributed by atoms with Crippen LogP contribution in [0.2, 0.25) is 0 Å². The van der Waals surface area contributed by atoms with Crippen LogP contribution in [0.25, 0.3) is 6.08 Å². The van der Waals surface area contributed by atoms with Crippen LogP contribution >= 0.6 is 11.8 Å². The smallest absolute Gasteiger partial charge is 0.298 e. The predicted molar refractivity (Wildman–Crippen MR) is 89.5 cm³/mol. The van der Waals surface area contributed by atoms with Gasteiger partial charge in [0.15, 0.2) is 11.5 Å². The van der Waals surface area contributed by atoms with Crippen molar-refractivity contribution in [3.63, 3.8) is 0 Å². The van der Waals surface area contributed by atoms with Gasteiger partial charge in [0.2, 0.25) is 0 Å². The number of methoxy groups -OCH3 is 1. The first-order valence-corrected chi connectivity index (χ1v) is 7.72. The Morgan fingerprint density at radius 3 is 2.54 bits per heavy atom. The summed E-state index contributed by atoms with van der Waals surface area (Å²) in [6, 6.07) is 9.72. The number of phenols is 1. The molecule has 1 heterocycles. The van der Waals surface area contributed by atoms with E-state index >= 15 is 0 Å². The topological polar surface area (TPSA) is 66.8 Å². The van der Waals surface area contributed by atoms with Gasteiger partial charge in [-0.25, -0.2) is 9.29 Å². The van der Waals surface area contributed by atoms with Gasteiger partial charge in [-0.1, -0.05) is 6.07 Å². The summed E-state index contributed by atoms with van der Waals surface area (Å²) in [7, 11) is 1.42. The first kappa shape index (κ1) is 16.1. The number of rotatable bonds is 3. The van der Waals surface area contributed by atoms with Gasteiger partial charge in [-0.2, -0.15) is 0 Å². The van der Waals surface area contributed by atoms with Gasteiger partial charge >= 0.3 is 0 Å². The van der Waals surface area contributed by atoms with E-state index in [0.29, 0.717) is 11.3 Å². The van der Waals surface area contributed by atoms with Gasteiger partial charge in [0, 0.05) is 0 Å². The zero-order valence-corrected chi connectivity index (χ0v) is 13.3. The molecule has 0 aromatic heterocycles. The highest BCUT2D eigenvalue weighted by Crippen LogP contribution is 2.36. The van der Waals surface area contributed by atoms with E-state index in [1.807, 2.05) is 0 Å². The number of aromatic hydroxyl groups is 1. The number of carbonyl (C=O) groups excluding carboxylic acids is 2. The van der Waals surface area contributed by atoms with E-state index in [2.05, 4.69) is 0 Å². The van der Waals surface area contributed by atoms with Crippen LogP contribution in [0.1, 0.15) is 5.56 Å². The van der Waals surface area contributed by atoms with Crippen molar-refractivity contribution in [2.45, 2.75) is 0 Å². The SMILES string of the molecule is COc1cc(/C=C2\SC(=O)N(c3ccc(F)cc3)C2=O)ccc1O. The van der Waals surface area contributed by atoms with Crippen molar-refractivity contribution in [1.29, 1.82) is 0 Å². The van der Waals surface area contributed by atoms with Gasteiger partial charge in [0.1, 0.15) is 5.82 Å². The lowest BCUT2D eigenvalue weighted by Gasteiger charge is -2.11. The molecule has 1 N–H and O–H groups in total. The summed E-state index contributed by atoms with van der Waals surface area (Å²) in [5.74, 6) is -0.684. The minimum absolute atomic E-state index is 0.0194. The second-order valence-corrected chi connectivity index (χ2v) is 5.92. The van der Waals surface area contributed by atoms with Gasteiger partial charge < -0.3 is 9.84 Å². The molecule has 0 unspecified atom stereocenters. The Morgan fingerprint density at radius 1 is 1.17 bits per heavy atom. The summed E-state index contributed by atoms with van der Waals surface area (Å²) < 4.78 is 18.0. The van der Waals surface area contributed by atoms with Crippen molar-refractivity contribution in [2.75, 3.05) is 12.0 Å². The third-order valence-electron chi connectivity index (χ3n) is 3.38. The molecule has 24 heavy (non-hydrogen) atoms. The lowest BCUT2D eigenvalue weighted by Crippen LogP contribution is -2.27. The molecule has 1 saturated heterocycles. The number of hydrogen-bond acceptors (Lipinski definition) is 5. The number of halogens is 1. The molecule has 7 heteroatoms. The van der Waals surface area contributed by atoms with E-state index in [9.17, 15) is 19.1 Å². The Balaban J connectivity index is 1.92. The number of anilines is 1. The molecule has 0 bridgehead atoms. The standard InChI is InChI=1S/C17H12FNO4S/c1-23-14-8-10(2-7-13(14)20)9-15-16(21)19(17(22)24-15)12-5-3-11(18)4-6-12/h2-9,20H,1H3/b15-9-. The van der Waals surface area contributed by atoms with Crippen LogP contribution in [0, 0.1) is 5.82 Å². The lowest BCUT2D eigenvalue weighted by molar-refractivity contribution is -0.113. The van der Waals surface area contributed by atoms with Crippen LogP contribution < -0.4 is 9.64 Å². The zero-order chi connectivity index (χ0) is 17.3. The number of ether oxygens (including phenoxy) is 1. The van der Waals surface area contributed by atoms with Gasteiger partial charge in [0.25, 0.3) is 11.1 Å². The van der Waals surface area contributed by atoms with Crippen molar-refractivity contribution in [2.24, 2.45) is 0 Å². The third-order valence-corrected chi connectivity index (χ3v) is 4.25. The molecule has 2 aromatic carbocycles. The fraction of sp³-hybridized carbons (Fsp3) is 0.0588. The average molecular weight is 345 g/mol. The molecule has 0 atom stereocenters. The molecule has 5 nitrogen and oxygen atoms in total. The normalized spacial score (nSPS) is 16.1. The van der Waals surface area contributed by atoms with Crippen molar-refractivity contribution in [3.05, 3.63) is 58.8 Å². The van der Waals surface area contributed by atoms with Gasteiger partial charge in [-0.15, -0.1) is 0 Å². The van der Waals surface area contributed by atoms with Crippen LogP contribution in [0.4, 0.5) is 14.9 Å². The molecular weight excluding hydrogens is 333 g/mol. The van der Waals surface area contributed by atoms with Crippen molar-refractivity contribution in [1.82, 2.24) is 0 Å². The van der Waals surface area contributed by atoms with Gasteiger partial charge in [-0.05, 0) is 59.8 Å². The molecule has 2 amide bonds. The Hall–Kier alpha value is -2.80. The summed E-state index contributed by atoms with van der Waals surface area (Å²) in [4.78, 5) is 25.8. The largest absolute Gasteiger partial charge is 0.504 e. The first-order chi connectivity index (χ1) is 11.5. The Labute approximate surface area is 141 Å². The van der Waals surface area contributed by atoms with E-state index in [1.165, 1.54) is 43.5 Å². The molecule has 0 aliphatic carbocycles. The first-order valence-electron chi connectivity index (χ1n) is 6.90. The van der Waals surface area contributed by atoms with Crippen LogP contribution in [-0.4, -0.2) is 23.4 Å². The summed E-state index contributed by atoms with van der Waals surface area (Å²) in [5.41, 5.74) is 0.917. The molecular formula is C17H12FNO4S. The zero-order valence-electron chi connectivity index (χ0n) is 12.5. The molecule has 0 saturated carbocycles. The Bertz CT molecular complexity index is 848. The number of amides is 2. The highest BCUT2D eigenvalue weighted by molar-refractivity contribution is 8.19. The Kier molecular flexibility index (Phi) is 4.26. The number of nitrogens with zero attached hydrogens (tertiary/aromatic N) is 1.